The standard InChI is InChI=1S/C21H39N3O2S/c1-16-7-4-5-9-19(16)24-20(22-14-17-10-12-27(25,26)15-17)23-18-8-6-11-21(2,3)13-18/h16-19H,4-15H2,1-3H3,(H2,22,23,24). The van der Waals surface area contributed by atoms with Crippen molar-refractivity contribution >= 4 is 15.8 Å². The molecule has 0 spiro atoms. The molecule has 2 N–H and O–H groups in total. The van der Waals surface area contributed by atoms with Crippen molar-refractivity contribution in [2.45, 2.75) is 90.6 Å². The van der Waals surface area contributed by atoms with Crippen LogP contribution in [0.1, 0.15) is 78.6 Å². The molecule has 0 aromatic heterocycles. The molecule has 156 valence electrons. The van der Waals surface area contributed by atoms with Crippen molar-refractivity contribution in [2.75, 3.05) is 18.1 Å². The minimum atomic E-state index is -2.83. The smallest absolute Gasteiger partial charge is 0.191 e. The Hall–Kier alpha value is -0.780. The topological polar surface area (TPSA) is 70.6 Å². The molecule has 1 saturated heterocycles. The van der Waals surface area contributed by atoms with Gasteiger partial charge in [-0.15, -0.1) is 0 Å². The Morgan fingerprint density at radius 2 is 1.85 bits per heavy atom. The third-order valence-electron chi connectivity index (χ3n) is 6.81. The molecular formula is C21H39N3O2S. The third-order valence-corrected chi connectivity index (χ3v) is 8.65. The number of aliphatic imine (C=N–C) groups is 1. The molecule has 0 aromatic carbocycles. The number of rotatable bonds is 4. The van der Waals surface area contributed by atoms with Crippen LogP contribution in [0.4, 0.5) is 0 Å². The van der Waals surface area contributed by atoms with Crippen molar-refractivity contribution in [1.82, 2.24) is 10.6 Å². The van der Waals surface area contributed by atoms with Crippen LogP contribution in [0.15, 0.2) is 4.99 Å². The van der Waals surface area contributed by atoms with E-state index in [4.69, 9.17) is 4.99 Å². The molecule has 4 unspecified atom stereocenters. The predicted octanol–water partition coefficient (Wildman–Crippen LogP) is 3.50. The van der Waals surface area contributed by atoms with E-state index in [1.807, 2.05) is 0 Å². The molecule has 1 aliphatic heterocycles. The van der Waals surface area contributed by atoms with E-state index in [-0.39, 0.29) is 5.92 Å². The number of guanidine groups is 1. The summed E-state index contributed by atoms with van der Waals surface area (Å²) in [6.07, 6.45) is 10.8. The molecule has 3 rings (SSSR count). The maximum atomic E-state index is 11.8. The Bertz CT molecular complexity index is 629. The van der Waals surface area contributed by atoms with E-state index < -0.39 is 9.84 Å². The summed E-state index contributed by atoms with van der Waals surface area (Å²) >= 11 is 0. The first-order valence-corrected chi connectivity index (χ1v) is 12.8. The first kappa shape index (κ1) is 20.9. The van der Waals surface area contributed by atoms with E-state index in [1.54, 1.807) is 0 Å². The minimum absolute atomic E-state index is 0.181. The van der Waals surface area contributed by atoms with Gasteiger partial charge in [-0.25, -0.2) is 8.42 Å². The lowest BCUT2D eigenvalue weighted by Crippen LogP contribution is -2.51. The lowest BCUT2D eigenvalue weighted by molar-refractivity contribution is 0.209. The van der Waals surface area contributed by atoms with Crippen LogP contribution < -0.4 is 10.6 Å². The van der Waals surface area contributed by atoms with Crippen molar-refractivity contribution in [1.29, 1.82) is 0 Å². The quantitative estimate of drug-likeness (QED) is 0.563. The Labute approximate surface area is 166 Å². The molecule has 3 fully saturated rings. The summed E-state index contributed by atoms with van der Waals surface area (Å²) in [6, 6.07) is 0.945. The number of nitrogens with zero attached hydrogens (tertiary/aromatic N) is 1. The molecular weight excluding hydrogens is 358 g/mol. The molecule has 27 heavy (non-hydrogen) atoms. The minimum Gasteiger partial charge on any atom is -0.354 e. The number of hydrogen-bond acceptors (Lipinski definition) is 3. The monoisotopic (exact) mass is 397 g/mol. The Balaban J connectivity index is 1.65. The molecule has 3 aliphatic rings. The largest absolute Gasteiger partial charge is 0.354 e. The van der Waals surface area contributed by atoms with Gasteiger partial charge in [-0.05, 0) is 55.8 Å². The molecule has 5 nitrogen and oxygen atoms in total. The van der Waals surface area contributed by atoms with Crippen LogP contribution in [0.2, 0.25) is 0 Å². The summed E-state index contributed by atoms with van der Waals surface area (Å²) in [5.41, 5.74) is 0.388. The SMILES string of the molecule is CC1CCCCC1NC(=NCC1CCS(=O)(=O)C1)NC1CCCC(C)(C)C1. The van der Waals surface area contributed by atoms with E-state index in [1.165, 1.54) is 51.4 Å². The fourth-order valence-electron chi connectivity index (χ4n) is 5.09. The molecule has 0 aromatic rings. The van der Waals surface area contributed by atoms with Crippen molar-refractivity contribution in [2.24, 2.45) is 22.2 Å². The van der Waals surface area contributed by atoms with Crippen LogP contribution in [0.25, 0.3) is 0 Å². The summed E-state index contributed by atoms with van der Waals surface area (Å²) in [7, 11) is -2.83. The third kappa shape index (κ3) is 6.37. The van der Waals surface area contributed by atoms with Crippen LogP contribution in [0, 0.1) is 17.3 Å². The van der Waals surface area contributed by atoms with Gasteiger partial charge < -0.3 is 10.6 Å². The zero-order valence-electron chi connectivity index (χ0n) is 17.5. The van der Waals surface area contributed by atoms with E-state index in [0.717, 1.165) is 12.4 Å². The lowest BCUT2D eigenvalue weighted by Gasteiger charge is -2.37. The maximum absolute atomic E-state index is 11.8. The second-order valence-electron chi connectivity index (χ2n) is 10.1. The average Bonchev–Trinajstić information content (AvgIpc) is 2.93. The van der Waals surface area contributed by atoms with Gasteiger partial charge in [0, 0.05) is 18.6 Å². The number of nitrogens with one attached hydrogen (secondary N) is 2. The lowest BCUT2D eigenvalue weighted by atomic mass is 9.75. The van der Waals surface area contributed by atoms with Crippen molar-refractivity contribution in [3.8, 4) is 0 Å². The zero-order valence-corrected chi connectivity index (χ0v) is 18.3. The van der Waals surface area contributed by atoms with Crippen LogP contribution in [0.5, 0.6) is 0 Å². The van der Waals surface area contributed by atoms with Crippen LogP contribution in [-0.2, 0) is 9.84 Å². The van der Waals surface area contributed by atoms with E-state index in [0.29, 0.717) is 41.5 Å². The fraction of sp³-hybridized carbons (Fsp3) is 0.952. The highest BCUT2D eigenvalue weighted by Crippen LogP contribution is 2.35. The van der Waals surface area contributed by atoms with Gasteiger partial charge in [-0.1, -0.05) is 40.0 Å². The first-order chi connectivity index (χ1) is 12.7. The number of sulfone groups is 1. The summed E-state index contributed by atoms with van der Waals surface area (Å²) in [5.74, 6) is 2.40. The van der Waals surface area contributed by atoms with Gasteiger partial charge in [-0.3, -0.25) is 4.99 Å². The average molecular weight is 398 g/mol. The molecule has 2 saturated carbocycles. The van der Waals surface area contributed by atoms with E-state index >= 15 is 0 Å². The highest BCUT2D eigenvalue weighted by atomic mass is 32.2. The van der Waals surface area contributed by atoms with Gasteiger partial charge in [0.25, 0.3) is 0 Å². The van der Waals surface area contributed by atoms with Crippen molar-refractivity contribution in [3.05, 3.63) is 0 Å². The molecule has 6 heteroatoms. The Morgan fingerprint density at radius 1 is 1.07 bits per heavy atom. The van der Waals surface area contributed by atoms with Gasteiger partial charge in [0.1, 0.15) is 0 Å². The van der Waals surface area contributed by atoms with Gasteiger partial charge in [-0.2, -0.15) is 0 Å². The van der Waals surface area contributed by atoms with Gasteiger partial charge in [0.15, 0.2) is 15.8 Å². The van der Waals surface area contributed by atoms with Crippen LogP contribution in [-0.4, -0.2) is 44.5 Å². The summed E-state index contributed by atoms with van der Waals surface area (Å²) < 4.78 is 23.5. The number of hydrogen-bond donors (Lipinski definition) is 2. The van der Waals surface area contributed by atoms with Gasteiger partial charge in [0.05, 0.1) is 11.5 Å². The molecule has 0 bridgehead atoms. The molecule has 0 radical (unpaired) electrons. The highest BCUT2D eigenvalue weighted by Gasteiger charge is 2.31. The highest BCUT2D eigenvalue weighted by molar-refractivity contribution is 7.91. The molecule has 1 heterocycles. The van der Waals surface area contributed by atoms with Crippen LogP contribution >= 0.6 is 0 Å². The molecule has 4 atom stereocenters. The Kier molecular flexibility index (Phi) is 6.75. The van der Waals surface area contributed by atoms with E-state index in [9.17, 15) is 8.42 Å². The van der Waals surface area contributed by atoms with Crippen molar-refractivity contribution in [3.63, 3.8) is 0 Å². The fourth-order valence-corrected chi connectivity index (χ4v) is 6.94. The Morgan fingerprint density at radius 3 is 2.52 bits per heavy atom. The maximum Gasteiger partial charge on any atom is 0.191 e. The summed E-state index contributed by atoms with van der Waals surface area (Å²) in [6.45, 7) is 7.67. The summed E-state index contributed by atoms with van der Waals surface area (Å²) in [5, 5.41) is 7.43. The van der Waals surface area contributed by atoms with Gasteiger partial charge in [0.2, 0.25) is 0 Å². The zero-order chi connectivity index (χ0) is 19.5. The molecule has 2 aliphatic carbocycles. The first-order valence-electron chi connectivity index (χ1n) is 11.0. The summed E-state index contributed by atoms with van der Waals surface area (Å²) in [4.78, 5) is 4.87. The van der Waals surface area contributed by atoms with Crippen LogP contribution in [0.3, 0.4) is 0 Å². The van der Waals surface area contributed by atoms with E-state index in [2.05, 4.69) is 31.4 Å². The second-order valence-corrected chi connectivity index (χ2v) is 12.3. The van der Waals surface area contributed by atoms with Crippen molar-refractivity contribution < 1.29 is 8.42 Å². The second kappa shape index (κ2) is 8.71. The normalized spacial score (nSPS) is 36.3. The molecule has 0 amide bonds. The van der Waals surface area contributed by atoms with Gasteiger partial charge >= 0.3 is 0 Å². The predicted molar refractivity (Wildman–Crippen MR) is 113 cm³/mol.